The van der Waals surface area contributed by atoms with E-state index < -0.39 is 7.28 Å². The zero-order valence-corrected chi connectivity index (χ0v) is 23.1. The Kier molecular flexibility index (Phi) is 6.38. The zero-order chi connectivity index (χ0) is 24.6. The first-order chi connectivity index (χ1) is 16.8. The van der Waals surface area contributed by atoms with Gasteiger partial charge < -0.3 is 9.09 Å². The summed E-state index contributed by atoms with van der Waals surface area (Å²) in [5.74, 6) is 0.836. The highest BCUT2D eigenvalue weighted by molar-refractivity contribution is 9.10. The molecule has 0 spiro atoms. The third kappa shape index (κ3) is 4.24. The number of aromatic nitrogens is 1. The zero-order valence-electron chi connectivity index (χ0n) is 20.6. The third-order valence-corrected chi connectivity index (χ3v) is 10.9. The fourth-order valence-electron chi connectivity index (χ4n) is 4.69. The van der Waals surface area contributed by atoms with E-state index in [0.717, 1.165) is 27.8 Å². The minimum atomic E-state index is -2.60. The van der Waals surface area contributed by atoms with Gasteiger partial charge >= 0.3 is 0 Å². The van der Waals surface area contributed by atoms with Gasteiger partial charge in [-0.15, -0.1) is 0 Å². The minimum Gasteiger partial charge on any atom is -0.455 e. The summed E-state index contributed by atoms with van der Waals surface area (Å²) < 4.78 is 15.8. The van der Waals surface area contributed by atoms with Crippen LogP contribution in [-0.2, 0) is 6.54 Å². The standard InChI is InChI=1S/C30H30BrN2OP/c1-5-33-28-18-12-9-15-24(28)25-21-23(19-20-29(25)33)35(30(2,3)4,34-22-13-7-6-8-14-22)32-27-17-11-10-16-26(27)31/h6-21H,5H2,1-4H3. The Bertz CT molecular complexity index is 1560. The van der Waals surface area contributed by atoms with Gasteiger partial charge in [0.15, 0.2) is 7.28 Å². The Morgan fingerprint density at radius 3 is 2.17 bits per heavy atom. The predicted molar refractivity (Wildman–Crippen MR) is 155 cm³/mol. The van der Waals surface area contributed by atoms with Crippen molar-refractivity contribution in [3.8, 4) is 5.75 Å². The molecule has 1 aromatic heterocycles. The van der Waals surface area contributed by atoms with Crippen LogP contribution in [0.25, 0.3) is 21.8 Å². The second-order valence-electron chi connectivity index (χ2n) is 9.67. The topological polar surface area (TPSA) is 26.5 Å². The van der Waals surface area contributed by atoms with Crippen LogP contribution in [0.15, 0.2) is 106 Å². The van der Waals surface area contributed by atoms with Crippen molar-refractivity contribution in [2.45, 2.75) is 39.4 Å². The highest BCUT2D eigenvalue weighted by Gasteiger charge is 2.39. The van der Waals surface area contributed by atoms with Crippen molar-refractivity contribution in [1.29, 1.82) is 0 Å². The van der Waals surface area contributed by atoms with Crippen molar-refractivity contribution >= 4 is 56.0 Å². The molecule has 0 fully saturated rings. The van der Waals surface area contributed by atoms with Gasteiger partial charge in [0.25, 0.3) is 0 Å². The van der Waals surface area contributed by atoms with Gasteiger partial charge in [0.1, 0.15) is 5.75 Å². The molecule has 0 saturated heterocycles. The summed E-state index contributed by atoms with van der Waals surface area (Å²) in [6.07, 6.45) is 0. The second-order valence-corrected chi connectivity index (χ2v) is 13.9. The lowest BCUT2D eigenvalue weighted by molar-refractivity contribution is 0.571. The summed E-state index contributed by atoms with van der Waals surface area (Å²) in [5.41, 5.74) is 3.40. The summed E-state index contributed by atoms with van der Waals surface area (Å²) in [4.78, 5) is 0. The number of hydrogen-bond donors (Lipinski definition) is 0. The molecule has 1 atom stereocenters. The van der Waals surface area contributed by atoms with Crippen LogP contribution in [0.3, 0.4) is 0 Å². The van der Waals surface area contributed by atoms with Crippen LogP contribution in [0, 0.1) is 0 Å². The molecule has 35 heavy (non-hydrogen) atoms. The maximum Gasteiger partial charge on any atom is 0.173 e. The number of rotatable bonds is 5. The minimum absolute atomic E-state index is 0.255. The van der Waals surface area contributed by atoms with Gasteiger partial charge in [0.2, 0.25) is 0 Å². The maximum atomic E-state index is 7.02. The molecule has 0 N–H and O–H groups in total. The lowest BCUT2D eigenvalue weighted by Crippen LogP contribution is -2.27. The number of nitrogens with zero attached hydrogens (tertiary/aromatic N) is 2. The molecule has 0 aliphatic rings. The highest BCUT2D eigenvalue weighted by atomic mass is 79.9. The van der Waals surface area contributed by atoms with Crippen LogP contribution >= 0.6 is 23.2 Å². The number of fused-ring (bicyclic) bond motifs is 3. The number of benzene rings is 4. The summed E-state index contributed by atoms with van der Waals surface area (Å²) in [7, 11) is -2.60. The lowest BCUT2D eigenvalue weighted by Gasteiger charge is -2.37. The van der Waals surface area contributed by atoms with E-state index in [0.29, 0.717) is 0 Å². The molecular formula is C30H30BrN2OP. The first-order valence-corrected chi connectivity index (χ1v) is 14.4. The van der Waals surface area contributed by atoms with E-state index in [1.165, 1.54) is 21.8 Å². The molecule has 0 radical (unpaired) electrons. The maximum absolute atomic E-state index is 7.02. The van der Waals surface area contributed by atoms with E-state index in [1.54, 1.807) is 0 Å². The third-order valence-electron chi connectivity index (χ3n) is 6.41. The predicted octanol–water partition coefficient (Wildman–Crippen LogP) is 9.53. The molecule has 1 unspecified atom stereocenters. The fraction of sp³-hybridized carbons (Fsp3) is 0.200. The Morgan fingerprint density at radius 1 is 0.800 bits per heavy atom. The van der Waals surface area contributed by atoms with E-state index >= 15 is 0 Å². The molecule has 0 aliphatic carbocycles. The summed E-state index contributed by atoms with van der Waals surface area (Å²) in [6.45, 7) is 9.84. The summed E-state index contributed by atoms with van der Waals surface area (Å²) in [5, 5.41) is 3.39. The molecule has 4 aromatic carbocycles. The molecule has 5 aromatic rings. The Labute approximate surface area is 216 Å². The average molecular weight is 545 g/mol. The van der Waals surface area contributed by atoms with Gasteiger partial charge in [-0.1, -0.05) is 69.3 Å². The second kappa shape index (κ2) is 9.33. The molecule has 5 rings (SSSR count). The Hall–Kier alpha value is -2.81. The van der Waals surface area contributed by atoms with Crippen LogP contribution in [0.2, 0.25) is 0 Å². The lowest BCUT2D eigenvalue weighted by atomic mass is 10.1. The molecule has 3 nitrogen and oxygen atoms in total. The first kappa shape index (κ1) is 23.9. The highest BCUT2D eigenvalue weighted by Crippen LogP contribution is 2.62. The van der Waals surface area contributed by atoms with Crippen LogP contribution in [0.1, 0.15) is 27.7 Å². The van der Waals surface area contributed by atoms with Gasteiger partial charge in [-0.25, -0.2) is 4.74 Å². The fourth-order valence-corrected chi connectivity index (χ4v) is 8.30. The van der Waals surface area contributed by atoms with Crippen LogP contribution in [0.4, 0.5) is 5.69 Å². The van der Waals surface area contributed by atoms with E-state index in [1.807, 2.05) is 48.5 Å². The Balaban J connectivity index is 1.86. The van der Waals surface area contributed by atoms with E-state index in [-0.39, 0.29) is 5.16 Å². The van der Waals surface area contributed by atoms with E-state index in [2.05, 4.69) is 96.7 Å². The van der Waals surface area contributed by atoms with Gasteiger partial charge in [-0.05, 0) is 71.4 Å². The van der Waals surface area contributed by atoms with Gasteiger partial charge in [0.05, 0.1) is 5.69 Å². The smallest absolute Gasteiger partial charge is 0.173 e. The molecule has 0 bridgehead atoms. The number of aryl methyl sites for hydroxylation is 1. The van der Waals surface area contributed by atoms with Crippen molar-refractivity contribution in [2.75, 3.05) is 0 Å². The van der Waals surface area contributed by atoms with Crippen LogP contribution in [0.5, 0.6) is 5.75 Å². The summed E-state index contributed by atoms with van der Waals surface area (Å²) in [6, 6.07) is 33.7. The van der Waals surface area contributed by atoms with Crippen molar-refractivity contribution in [3.05, 3.63) is 102 Å². The van der Waals surface area contributed by atoms with Gasteiger partial charge in [-0.3, -0.25) is 0 Å². The largest absolute Gasteiger partial charge is 0.455 e. The number of para-hydroxylation sites is 2. The number of hydrogen-bond acceptors (Lipinski definition) is 2. The monoisotopic (exact) mass is 544 g/mol. The molecule has 178 valence electrons. The van der Waals surface area contributed by atoms with E-state index in [4.69, 9.17) is 9.27 Å². The normalized spacial score (nSPS) is 13.6. The van der Waals surface area contributed by atoms with E-state index in [9.17, 15) is 0 Å². The molecular weight excluding hydrogens is 515 g/mol. The van der Waals surface area contributed by atoms with Crippen molar-refractivity contribution in [2.24, 2.45) is 4.74 Å². The molecule has 0 amide bonds. The van der Waals surface area contributed by atoms with Crippen molar-refractivity contribution < 1.29 is 4.52 Å². The van der Waals surface area contributed by atoms with Gasteiger partial charge in [0, 0.05) is 43.3 Å². The molecule has 0 aliphatic heterocycles. The summed E-state index contributed by atoms with van der Waals surface area (Å²) >= 11 is 3.72. The van der Waals surface area contributed by atoms with Crippen molar-refractivity contribution in [1.82, 2.24) is 4.57 Å². The van der Waals surface area contributed by atoms with Crippen LogP contribution in [-0.4, -0.2) is 9.72 Å². The molecule has 0 saturated carbocycles. The first-order valence-electron chi connectivity index (χ1n) is 12.0. The molecule has 5 heteroatoms. The SMILES string of the molecule is CCn1c2ccccc2c2cc(P(=Nc3ccccc3Br)(Oc3ccccc3)C(C)(C)C)ccc21. The van der Waals surface area contributed by atoms with Gasteiger partial charge in [-0.2, -0.15) is 0 Å². The van der Waals surface area contributed by atoms with Crippen LogP contribution < -0.4 is 9.83 Å². The van der Waals surface area contributed by atoms with Crippen molar-refractivity contribution in [3.63, 3.8) is 0 Å². The quantitative estimate of drug-likeness (QED) is 0.202. The molecule has 1 heterocycles. The number of halogens is 1. The average Bonchev–Trinajstić information content (AvgIpc) is 3.18. The Morgan fingerprint density at radius 2 is 1.46 bits per heavy atom.